The standard InChI is InChI=1S/C25H23ClN6O2/c1-34-20-10-8-19(9-11-20)30-13-15-31(16-14-30)25(33)23-24(18-5-4-12-27-17-18)32(29-28-23)22-7-3-2-6-21(22)26/h2-12,17H,13-16H2,1H3. The summed E-state index contributed by atoms with van der Waals surface area (Å²) >= 11 is 6.44. The number of piperazine rings is 1. The van der Waals surface area contributed by atoms with Gasteiger partial charge < -0.3 is 14.5 Å². The van der Waals surface area contributed by atoms with Gasteiger partial charge in [0, 0.05) is 49.8 Å². The van der Waals surface area contributed by atoms with Crippen LogP contribution in [0.25, 0.3) is 16.9 Å². The molecule has 172 valence electrons. The molecule has 1 saturated heterocycles. The minimum atomic E-state index is -0.161. The topological polar surface area (TPSA) is 76.4 Å². The van der Waals surface area contributed by atoms with E-state index >= 15 is 0 Å². The summed E-state index contributed by atoms with van der Waals surface area (Å²) in [5.74, 6) is 0.661. The number of halogens is 1. The van der Waals surface area contributed by atoms with E-state index in [1.54, 1.807) is 30.3 Å². The first-order chi connectivity index (χ1) is 16.7. The zero-order valence-corrected chi connectivity index (χ0v) is 19.4. The molecule has 1 aliphatic heterocycles. The number of rotatable bonds is 5. The van der Waals surface area contributed by atoms with Gasteiger partial charge in [0.1, 0.15) is 11.4 Å². The van der Waals surface area contributed by atoms with Crippen LogP contribution in [0.2, 0.25) is 5.02 Å². The van der Waals surface area contributed by atoms with Gasteiger partial charge in [-0.25, -0.2) is 4.68 Å². The highest BCUT2D eigenvalue weighted by atomic mass is 35.5. The van der Waals surface area contributed by atoms with Crippen LogP contribution in [0, 0.1) is 0 Å². The highest BCUT2D eigenvalue weighted by Gasteiger charge is 2.29. The predicted molar refractivity (Wildman–Crippen MR) is 131 cm³/mol. The fraction of sp³-hybridized carbons (Fsp3) is 0.200. The number of anilines is 1. The minimum absolute atomic E-state index is 0.161. The number of aromatic nitrogens is 4. The number of nitrogens with zero attached hydrogens (tertiary/aromatic N) is 6. The third-order valence-electron chi connectivity index (χ3n) is 5.89. The molecule has 0 aliphatic carbocycles. The van der Waals surface area contributed by atoms with Crippen LogP contribution in [0.5, 0.6) is 5.75 Å². The van der Waals surface area contributed by atoms with Crippen LogP contribution in [-0.2, 0) is 0 Å². The van der Waals surface area contributed by atoms with Gasteiger partial charge in [-0.1, -0.05) is 28.9 Å². The summed E-state index contributed by atoms with van der Waals surface area (Å²) in [6, 6.07) is 19.0. The highest BCUT2D eigenvalue weighted by molar-refractivity contribution is 6.32. The van der Waals surface area contributed by atoms with E-state index in [0.29, 0.717) is 29.5 Å². The smallest absolute Gasteiger partial charge is 0.276 e. The molecule has 0 unspecified atom stereocenters. The number of benzene rings is 2. The van der Waals surface area contributed by atoms with Crippen LogP contribution in [0.4, 0.5) is 5.69 Å². The Morgan fingerprint density at radius 3 is 2.41 bits per heavy atom. The maximum absolute atomic E-state index is 13.6. The van der Waals surface area contributed by atoms with Crippen molar-refractivity contribution in [2.45, 2.75) is 0 Å². The van der Waals surface area contributed by atoms with Gasteiger partial charge in [-0.15, -0.1) is 5.10 Å². The monoisotopic (exact) mass is 474 g/mol. The Morgan fingerprint density at radius 1 is 0.971 bits per heavy atom. The Morgan fingerprint density at radius 2 is 1.74 bits per heavy atom. The lowest BCUT2D eigenvalue weighted by molar-refractivity contribution is 0.0741. The van der Waals surface area contributed by atoms with Crippen LogP contribution < -0.4 is 9.64 Å². The largest absolute Gasteiger partial charge is 0.497 e. The first kappa shape index (κ1) is 21.9. The molecule has 0 N–H and O–H groups in total. The van der Waals surface area contributed by atoms with Gasteiger partial charge in [0.15, 0.2) is 5.69 Å². The summed E-state index contributed by atoms with van der Waals surface area (Å²) < 4.78 is 6.86. The highest BCUT2D eigenvalue weighted by Crippen LogP contribution is 2.29. The number of carbonyl (C=O) groups excluding carboxylic acids is 1. The summed E-state index contributed by atoms with van der Waals surface area (Å²) in [4.78, 5) is 21.9. The number of amides is 1. The minimum Gasteiger partial charge on any atom is -0.497 e. The normalized spacial score (nSPS) is 13.7. The SMILES string of the molecule is COc1ccc(N2CCN(C(=O)c3nnn(-c4ccccc4Cl)c3-c3cccnc3)CC2)cc1. The molecule has 0 radical (unpaired) electrons. The van der Waals surface area contributed by atoms with E-state index < -0.39 is 0 Å². The molecule has 2 aromatic carbocycles. The zero-order chi connectivity index (χ0) is 23.5. The quantitative estimate of drug-likeness (QED) is 0.436. The second-order valence-electron chi connectivity index (χ2n) is 7.87. The maximum atomic E-state index is 13.6. The van der Waals surface area contributed by atoms with E-state index in [0.717, 1.165) is 30.1 Å². The number of ether oxygens (including phenoxy) is 1. The molecule has 0 spiro atoms. The summed E-state index contributed by atoms with van der Waals surface area (Å²) in [7, 11) is 1.65. The molecule has 34 heavy (non-hydrogen) atoms. The lowest BCUT2D eigenvalue weighted by atomic mass is 10.1. The third kappa shape index (κ3) is 4.20. The summed E-state index contributed by atoms with van der Waals surface area (Å²) in [5.41, 5.74) is 3.36. The first-order valence-electron chi connectivity index (χ1n) is 10.9. The average molecular weight is 475 g/mol. The Labute approximate surface area is 202 Å². The molecule has 5 rings (SSSR count). The van der Waals surface area contributed by atoms with Crippen molar-refractivity contribution in [2.24, 2.45) is 0 Å². The Balaban J connectivity index is 1.42. The second-order valence-corrected chi connectivity index (χ2v) is 8.28. The molecular weight excluding hydrogens is 452 g/mol. The average Bonchev–Trinajstić information content (AvgIpc) is 3.34. The summed E-state index contributed by atoms with van der Waals surface area (Å²) in [5, 5.41) is 9.11. The fourth-order valence-corrected chi connectivity index (χ4v) is 4.31. The maximum Gasteiger partial charge on any atom is 0.276 e. The molecule has 0 saturated carbocycles. The van der Waals surface area contributed by atoms with E-state index in [1.807, 2.05) is 59.5 Å². The molecular formula is C25H23ClN6O2. The van der Waals surface area contributed by atoms with Gasteiger partial charge in [-0.2, -0.15) is 0 Å². The molecule has 0 bridgehead atoms. The molecule has 1 fully saturated rings. The predicted octanol–water partition coefficient (Wildman–Crippen LogP) is 3.95. The van der Waals surface area contributed by atoms with Gasteiger partial charge in [-0.05, 0) is 48.5 Å². The van der Waals surface area contributed by atoms with Gasteiger partial charge in [0.05, 0.1) is 17.8 Å². The van der Waals surface area contributed by atoms with E-state index in [4.69, 9.17) is 16.3 Å². The molecule has 1 amide bonds. The molecule has 1 aliphatic rings. The van der Waals surface area contributed by atoms with Gasteiger partial charge in [0.2, 0.25) is 0 Å². The van der Waals surface area contributed by atoms with Crippen molar-refractivity contribution in [1.82, 2.24) is 24.9 Å². The number of hydrogen-bond donors (Lipinski definition) is 0. The summed E-state index contributed by atoms with van der Waals surface area (Å²) in [6.45, 7) is 2.60. The first-order valence-corrected chi connectivity index (χ1v) is 11.3. The van der Waals surface area contributed by atoms with Crippen LogP contribution in [0.15, 0.2) is 73.1 Å². The van der Waals surface area contributed by atoms with Crippen molar-refractivity contribution < 1.29 is 9.53 Å². The van der Waals surface area contributed by atoms with Crippen molar-refractivity contribution >= 4 is 23.2 Å². The molecule has 2 aromatic heterocycles. The molecule has 4 aromatic rings. The van der Waals surface area contributed by atoms with Crippen LogP contribution >= 0.6 is 11.6 Å². The van der Waals surface area contributed by atoms with Crippen LogP contribution in [-0.4, -0.2) is 64.1 Å². The van der Waals surface area contributed by atoms with E-state index in [-0.39, 0.29) is 11.6 Å². The number of carbonyl (C=O) groups is 1. The third-order valence-corrected chi connectivity index (χ3v) is 6.21. The van der Waals surface area contributed by atoms with E-state index in [9.17, 15) is 4.79 Å². The second kappa shape index (κ2) is 9.52. The fourth-order valence-electron chi connectivity index (χ4n) is 4.09. The van der Waals surface area contributed by atoms with Gasteiger partial charge >= 0.3 is 0 Å². The van der Waals surface area contributed by atoms with Crippen LogP contribution in [0.1, 0.15) is 10.5 Å². The molecule has 0 atom stereocenters. The Bertz CT molecular complexity index is 1280. The number of pyridine rings is 1. The Kier molecular flexibility index (Phi) is 6.14. The number of para-hydroxylation sites is 1. The number of hydrogen-bond acceptors (Lipinski definition) is 6. The summed E-state index contributed by atoms with van der Waals surface area (Å²) in [6.07, 6.45) is 3.39. The van der Waals surface area contributed by atoms with Crippen molar-refractivity contribution in [3.05, 3.63) is 83.8 Å². The number of methoxy groups -OCH3 is 1. The molecule has 3 heterocycles. The molecule has 9 heteroatoms. The van der Waals surface area contributed by atoms with Crippen molar-refractivity contribution in [3.8, 4) is 22.7 Å². The Hall–Kier alpha value is -3.91. The zero-order valence-electron chi connectivity index (χ0n) is 18.6. The van der Waals surface area contributed by atoms with Crippen molar-refractivity contribution in [3.63, 3.8) is 0 Å². The lowest BCUT2D eigenvalue weighted by Gasteiger charge is -2.36. The van der Waals surface area contributed by atoms with Crippen molar-refractivity contribution in [1.29, 1.82) is 0 Å². The van der Waals surface area contributed by atoms with Gasteiger partial charge in [-0.3, -0.25) is 9.78 Å². The lowest BCUT2D eigenvalue weighted by Crippen LogP contribution is -2.49. The van der Waals surface area contributed by atoms with Crippen LogP contribution in [0.3, 0.4) is 0 Å². The molecule has 8 nitrogen and oxygen atoms in total. The van der Waals surface area contributed by atoms with Crippen molar-refractivity contribution in [2.75, 3.05) is 38.2 Å². The van der Waals surface area contributed by atoms with E-state index in [2.05, 4.69) is 20.2 Å². The van der Waals surface area contributed by atoms with Gasteiger partial charge in [0.25, 0.3) is 5.91 Å². The van der Waals surface area contributed by atoms with E-state index in [1.165, 1.54) is 0 Å².